The Kier molecular flexibility index (Phi) is 6.87. The number of benzene rings is 2. The number of ether oxygens (including phenoxy) is 2. The summed E-state index contributed by atoms with van der Waals surface area (Å²) in [4.78, 5) is 22.9. The van der Waals surface area contributed by atoms with Crippen molar-refractivity contribution < 1.29 is 45.6 Å². The van der Waals surface area contributed by atoms with Gasteiger partial charge in [0.2, 0.25) is 34.8 Å². The van der Waals surface area contributed by atoms with Crippen molar-refractivity contribution in [3.63, 3.8) is 0 Å². The first-order valence-electron chi connectivity index (χ1n) is 7.38. The Balaban J connectivity index is 2.16. The minimum absolute atomic E-state index is 0.0216. The van der Waals surface area contributed by atoms with Crippen LogP contribution < -0.4 is 14.2 Å². The normalized spacial score (nSPS) is 12.5. The molecular formula is C16H11F5NO5P. The lowest BCUT2D eigenvalue weighted by molar-refractivity contribution is -0.169. The molecule has 2 aromatic rings. The Bertz CT molecular complexity index is 894. The van der Waals surface area contributed by atoms with Crippen LogP contribution in [0.5, 0.6) is 17.2 Å². The van der Waals surface area contributed by atoms with Gasteiger partial charge in [-0.3, -0.25) is 4.52 Å². The largest absolute Gasteiger partial charge is 0.575 e. The van der Waals surface area contributed by atoms with Gasteiger partial charge in [0.05, 0.1) is 7.11 Å². The van der Waals surface area contributed by atoms with E-state index in [1.807, 2.05) is 0 Å². The molecule has 0 heterocycles. The van der Waals surface area contributed by atoms with E-state index in [9.17, 15) is 31.6 Å². The summed E-state index contributed by atoms with van der Waals surface area (Å²) in [6.45, 7) is 1.34. The molecule has 2 aromatic carbocycles. The lowest BCUT2D eigenvalue weighted by Crippen LogP contribution is -2.16. The van der Waals surface area contributed by atoms with E-state index in [0.717, 1.165) is 31.4 Å². The lowest BCUT2D eigenvalue weighted by Gasteiger charge is -2.10. The highest BCUT2D eigenvalue weighted by Gasteiger charge is 2.27. The highest BCUT2D eigenvalue weighted by Crippen LogP contribution is 2.34. The van der Waals surface area contributed by atoms with E-state index in [4.69, 9.17) is 9.26 Å². The summed E-state index contributed by atoms with van der Waals surface area (Å²) in [6, 6.07) is 3.39. The molecule has 0 fully saturated rings. The first kappa shape index (κ1) is 21.5. The molecule has 12 heteroatoms. The van der Waals surface area contributed by atoms with Gasteiger partial charge in [0.1, 0.15) is 5.75 Å². The number of hydrogen-bond donors (Lipinski definition) is 0. The summed E-state index contributed by atoms with van der Waals surface area (Å²) in [7, 11) is -1.51. The molecule has 0 amide bonds. The molecule has 2 rings (SSSR count). The first-order chi connectivity index (χ1) is 13.1. The van der Waals surface area contributed by atoms with E-state index in [1.165, 1.54) is 6.92 Å². The third-order valence-corrected chi connectivity index (χ3v) is 4.11. The molecule has 0 aliphatic heterocycles. The quantitative estimate of drug-likeness (QED) is 0.231. The van der Waals surface area contributed by atoms with Crippen LogP contribution in [0.2, 0.25) is 0 Å². The Morgan fingerprint density at radius 2 is 1.43 bits per heavy atom. The molecule has 0 aliphatic rings. The van der Waals surface area contributed by atoms with Crippen LogP contribution in [0.4, 0.5) is 22.0 Å². The van der Waals surface area contributed by atoms with Gasteiger partial charge in [-0.25, -0.2) is 18.0 Å². The van der Waals surface area contributed by atoms with Crippen molar-refractivity contribution in [3.8, 4) is 17.2 Å². The molecule has 0 saturated heterocycles. The van der Waals surface area contributed by atoms with Crippen molar-refractivity contribution in [1.82, 2.24) is 0 Å². The predicted octanol–water partition coefficient (Wildman–Crippen LogP) is 3.97. The van der Waals surface area contributed by atoms with Crippen LogP contribution >= 0.6 is 8.17 Å². The minimum Gasteiger partial charge on any atom is -0.575 e. The molecule has 0 aromatic heterocycles. The third-order valence-electron chi connectivity index (χ3n) is 3.21. The number of hydrogen-bond acceptors (Lipinski definition) is 6. The Hall–Kier alpha value is -2.78. The molecule has 0 spiro atoms. The second kappa shape index (κ2) is 8.94. The van der Waals surface area contributed by atoms with E-state index in [1.54, 1.807) is 0 Å². The molecular weight excluding hydrogens is 412 g/mol. The van der Waals surface area contributed by atoms with Crippen molar-refractivity contribution in [2.45, 2.75) is 13.0 Å². The van der Waals surface area contributed by atoms with Gasteiger partial charge in [0, 0.05) is 0 Å². The average molecular weight is 423 g/mol. The number of carbonyl (C=O) groups excluding carboxylic acids is 1. The van der Waals surface area contributed by atoms with Gasteiger partial charge < -0.3 is 14.4 Å². The van der Waals surface area contributed by atoms with Crippen molar-refractivity contribution in [2.24, 2.45) is 4.74 Å². The van der Waals surface area contributed by atoms with Gasteiger partial charge in [-0.2, -0.15) is 8.78 Å². The van der Waals surface area contributed by atoms with Crippen molar-refractivity contribution in [1.29, 1.82) is 0 Å². The SMILES string of the molecule is COC(=O)[C@H](C)N=[P+]([O-])Oc1ccc(Oc2c(F)c(F)c(F)c(F)c2F)cc1. The molecule has 0 N–H and O–H groups in total. The van der Waals surface area contributed by atoms with Gasteiger partial charge >= 0.3 is 14.1 Å². The van der Waals surface area contributed by atoms with Gasteiger partial charge in [0.15, 0.2) is 11.8 Å². The van der Waals surface area contributed by atoms with Gasteiger partial charge in [-0.05, 0) is 31.2 Å². The molecule has 0 saturated carbocycles. The molecule has 0 radical (unpaired) electrons. The van der Waals surface area contributed by atoms with Crippen LogP contribution in [0.1, 0.15) is 6.92 Å². The van der Waals surface area contributed by atoms with Crippen molar-refractivity contribution in [3.05, 3.63) is 53.4 Å². The van der Waals surface area contributed by atoms with E-state index >= 15 is 0 Å². The zero-order valence-electron chi connectivity index (χ0n) is 14.2. The predicted molar refractivity (Wildman–Crippen MR) is 84.2 cm³/mol. The maximum absolute atomic E-state index is 13.6. The van der Waals surface area contributed by atoms with E-state index in [0.29, 0.717) is 0 Å². The lowest BCUT2D eigenvalue weighted by atomic mass is 10.2. The minimum atomic E-state index is -2.64. The van der Waals surface area contributed by atoms with Crippen LogP contribution in [-0.4, -0.2) is 19.1 Å². The topological polar surface area (TPSA) is 80.2 Å². The number of methoxy groups -OCH3 is 1. The molecule has 0 aliphatic carbocycles. The first-order valence-corrected chi connectivity index (χ1v) is 8.51. The van der Waals surface area contributed by atoms with E-state index in [-0.39, 0.29) is 11.5 Å². The summed E-state index contributed by atoms with van der Waals surface area (Å²) in [5.41, 5.74) is 0. The van der Waals surface area contributed by atoms with Crippen LogP contribution in [0.3, 0.4) is 0 Å². The van der Waals surface area contributed by atoms with Gasteiger partial charge in [-0.15, -0.1) is 0 Å². The van der Waals surface area contributed by atoms with Gasteiger partial charge in [0.25, 0.3) is 0 Å². The summed E-state index contributed by atoms with van der Waals surface area (Å²) in [6.07, 6.45) is 0. The number of carbonyl (C=O) groups is 1. The number of halogens is 5. The maximum Gasteiger partial charge on any atom is 0.395 e. The number of nitrogens with zero attached hydrogens (tertiary/aromatic N) is 1. The molecule has 28 heavy (non-hydrogen) atoms. The Morgan fingerprint density at radius 1 is 0.964 bits per heavy atom. The second-order valence-electron chi connectivity index (χ2n) is 5.12. The molecule has 150 valence electrons. The van der Waals surface area contributed by atoms with Crippen molar-refractivity contribution >= 4 is 14.1 Å². The number of esters is 1. The summed E-state index contributed by atoms with van der Waals surface area (Å²) in [5, 5.41) is 0. The summed E-state index contributed by atoms with van der Waals surface area (Å²) >= 11 is 0. The highest BCUT2D eigenvalue weighted by molar-refractivity contribution is 7.34. The Morgan fingerprint density at radius 3 is 1.93 bits per heavy atom. The van der Waals surface area contributed by atoms with E-state index in [2.05, 4.69) is 9.48 Å². The fourth-order valence-electron chi connectivity index (χ4n) is 1.83. The monoisotopic (exact) mass is 423 g/mol. The van der Waals surface area contributed by atoms with Crippen LogP contribution in [-0.2, 0) is 9.53 Å². The fraction of sp³-hybridized carbons (Fsp3) is 0.188. The summed E-state index contributed by atoms with van der Waals surface area (Å²) < 4.78 is 84.1. The van der Waals surface area contributed by atoms with Gasteiger partial charge in [-0.1, -0.05) is 4.74 Å². The zero-order valence-corrected chi connectivity index (χ0v) is 15.1. The highest BCUT2D eigenvalue weighted by atomic mass is 31.1. The van der Waals surface area contributed by atoms with E-state index < -0.39 is 55.0 Å². The third kappa shape index (κ3) is 4.73. The Labute approximate surface area is 156 Å². The molecule has 6 nitrogen and oxygen atoms in total. The zero-order chi connectivity index (χ0) is 21.0. The van der Waals surface area contributed by atoms with Crippen LogP contribution in [0.15, 0.2) is 29.0 Å². The van der Waals surface area contributed by atoms with Crippen LogP contribution in [0.25, 0.3) is 0 Å². The standard InChI is InChI=1S/C16H11F5NO5P/c1-7(16(23)25-2)22-28(24)27-9-5-3-8(4-6-9)26-15-13(20)11(18)10(17)12(19)14(15)21/h3-7H,1-2H3/t7-/m0/s1. The average Bonchev–Trinajstić information content (AvgIpc) is 2.68. The molecule has 2 atom stereocenters. The van der Waals surface area contributed by atoms with Crippen molar-refractivity contribution in [2.75, 3.05) is 7.11 Å². The van der Waals surface area contributed by atoms with Crippen LogP contribution in [0, 0.1) is 29.1 Å². The second-order valence-corrected chi connectivity index (χ2v) is 6.01. The molecule has 0 bridgehead atoms. The maximum atomic E-state index is 13.6. The fourth-order valence-corrected chi connectivity index (χ4v) is 2.56. The number of rotatable bonds is 6. The molecule has 1 unspecified atom stereocenters. The smallest absolute Gasteiger partial charge is 0.395 e. The summed E-state index contributed by atoms with van der Waals surface area (Å²) in [5.74, 6) is -13.4.